The summed E-state index contributed by atoms with van der Waals surface area (Å²) in [5.41, 5.74) is 0.0124. The molecule has 4 aromatic rings. The van der Waals surface area contributed by atoms with Gasteiger partial charge in [-0.05, 0) is 35.6 Å². The van der Waals surface area contributed by atoms with E-state index in [2.05, 4.69) is 21.3 Å². The molecule has 0 aliphatic carbocycles. The van der Waals surface area contributed by atoms with Crippen LogP contribution in [-0.4, -0.2) is 39.4 Å². The predicted molar refractivity (Wildman–Crippen MR) is 160 cm³/mol. The molecule has 2 heterocycles. The highest BCUT2D eigenvalue weighted by molar-refractivity contribution is 7.12. The number of nitrogens with one attached hydrogen (secondary N) is 4. The van der Waals surface area contributed by atoms with E-state index in [0.717, 1.165) is 10.2 Å². The standard InChI is InChI=1S/C29H32N6O5S/c1-4-20(18-10-6-5-7-11-18)32-23-24(29(40)35(3)34(2)28(23)39)33-21-13-8-12-19(25(21)36)26(37)30-15-16-31-27(38)22-14-9-17-41-22/h5-14,17,20,32-33,36H,4,15-16H2,1-3H3,(H,30,37)(H,31,38)/t20-/m1/s1. The lowest BCUT2D eigenvalue weighted by Gasteiger charge is -2.22. The fourth-order valence-electron chi connectivity index (χ4n) is 4.24. The van der Waals surface area contributed by atoms with Gasteiger partial charge in [-0.15, -0.1) is 11.3 Å². The van der Waals surface area contributed by atoms with E-state index in [1.807, 2.05) is 37.3 Å². The first kappa shape index (κ1) is 29.2. The second-order valence-electron chi connectivity index (χ2n) is 9.24. The number of amides is 2. The summed E-state index contributed by atoms with van der Waals surface area (Å²) in [4.78, 5) is 52.1. The molecule has 2 amide bonds. The van der Waals surface area contributed by atoms with E-state index in [0.29, 0.717) is 11.3 Å². The second-order valence-corrected chi connectivity index (χ2v) is 10.2. The van der Waals surface area contributed by atoms with Gasteiger partial charge in [0.2, 0.25) is 0 Å². The molecule has 2 aromatic heterocycles. The molecular formula is C29H32N6O5S. The molecule has 0 aliphatic rings. The Morgan fingerprint density at radius 2 is 1.51 bits per heavy atom. The third-order valence-corrected chi connectivity index (χ3v) is 7.49. The van der Waals surface area contributed by atoms with Gasteiger partial charge in [0, 0.05) is 27.2 Å². The smallest absolute Gasteiger partial charge is 0.290 e. The molecular weight excluding hydrogens is 544 g/mol. The van der Waals surface area contributed by atoms with Gasteiger partial charge in [-0.3, -0.25) is 19.2 Å². The maximum atomic E-state index is 13.3. The molecule has 0 bridgehead atoms. The highest BCUT2D eigenvalue weighted by Gasteiger charge is 2.22. The number of rotatable bonds is 11. The lowest BCUT2D eigenvalue weighted by Crippen LogP contribution is -2.38. The van der Waals surface area contributed by atoms with Crippen molar-refractivity contribution < 1.29 is 14.7 Å². The van der Waals surface area contributed by atoms with Crippen molar-refractivity contribution in [2.45, 2.75) is 19.4 Å². The summed E-state index contributed by atoms with van der Waals surface area (Å²) < 4.78 is 2.37. The number of hydrogen-bond donors (Lipinski definition) is 5. The van der Waals surface area contributed by atoms with Crippen LogP contribution in [0.4, 0.5) is 17.1 Å². The van der Waals surface area contributed by atoms with Crippen LogP contribution in [0, 0.1) is 0 Å². The molecule has 41 heavy (non-hydrogen) atoms. The number of carbonyl (C=O) groups is 2. The summed E-state index contributed by atoms with van der Waals surface area (Å²) in [7, 11) is 2.96. The molecule has 1 atom stereocenters. The Morgan fingerprint density at radius 1 is 0.854 bits per heavy atom. The number of thiophene rings is 1. The maximum Gasteiger partial charge on any atom is 0.290 e. The molecule has 0 radical (unpaired) electrons. The van der Waals surface area contributed by atoms with E-state index >= 15 is 0 Å². The number of nitrogens with zero attached hydrogens (tertiary/aromatic N) is 2. The van der Waals surface area contributed by atoms with Gasteiger partial charge in [0.1, 0.15) is 11.4 Å². The van der Waals surface area contributed by atoms with Crippen LogP contribution in [0.25, 0.3) is 0 Å². The number of aromatic hydroxyl groups is 1. The minimum Gasteiger partial charge on any atom is -0.505 e. The van der Waals surface area contributed by atoms with E-state index in [1.54, 1.807) is 23.6 Å². The Morgan fingerprint density at radius 3 is 2.15 bits per heavy atom. The van der Waals surface area contributed by atoms with Gasteiger partial charge >= 0.3 is 0 Å². The Hall–Kier alpha value is -4.84. The summed E-state index contributed by atoms with van der Waals surface area (Å²) in [6.07, 6.45) is 0.635. The lowest BCUT2D eigenvalue weighted by atomic mass is 10.0. The zero-order valence-electron chi connectivity index (χ0n) is 22.9. The molecule has 2 aromatic carbocycles. The molecule has 11 nitrogen and oxygen atoms in total. The van der Waals surface area contributed by atoms with Gasteiger partial charge in [-0.25, -0.2) is 9.36 Å². The van der Waals surface area contributed by atoms with Crippen LogP contribution in [-0.2, 0) is 14.1 Å². The quantitative estimate of drug-likeness (QED) is 0.136. The average molecular weight is 577 g/mol. The first-order valence-electron chi connectivity index (χ1n) is 13.0. The SMILES string of the molecule is CC[C@@H](Nc1c(Nc2cccc(C(=O)NCCNC(=O)c3cccs3)c2O)c(=O)n(C)n(C)c1=O)c1ccccc1. The first-order valence-corrected chi connectivity index (χ1v) is 13.9. The summed E-state index contributed by atoms with van der Waals surface area (Å²) in [6.45, 7) is 2.29. The van der Waals surface area contributed by atoms with Crippen molar-refractivity contribution in [1.82, 2.24) is 20.0 Å². The molecule has 0 unspecified atom stereocenters. The van der Waals surface area contributed by atoms with Gasteiger partial charge in [0.05, 0.1) is 22.2 Å². The normalized spacial score (nSPS) is 11.5. The summed E-state index contributed by atoms with van der Waals surface area (Å²) >= 11 is 1.32. The van der Waals surface area contributed by atoms with Crippen molar-refractivity contribution in [2.24, 2.45) is 14.1 Å². The Kier molecular flexibility index (Phi) is 9.25. The van der Waals surface area contributed by atoms with Crippen LogP contribution in [0.3, 0.4) is 0 Å². The minimum absolute atomic E-state index is 0.0366. The van der Waals surface area contributed by atoms with E-state index in [-0.39, 0.29) is 47.7 Å². The van der Waals surface area contributed by atoms with Crippen molar-refractivity contribution in [1.29, 1.82) is 0 Å². The average Bonchev–Trinajstić information content (AvgIpc) is 3.53. The molecule has 0 aliphatic heterocycles. The molecule has 0 saturated carbocycles. The number of aromatic nitrogens is 2. The number of phenolic OH excluding ortho intramolecular Hbond substituents is 1. The molecule has 5 N–H and O–H groups in total. The molecule has 0 saturated heterocycles. The van der Waals surface area contributed by atoms with Crippen LogP contribution < -0.4 is 32.4 Å². The Bertz CT molecular complexity index is 1650. The van der Waals surface area contributed by atoms with Crippen molar-refractivity contribution >= 4 is 40.2 Å². The molecule has 4 rings (SSSR count). The lowest BCUT2D eigenvalue weighted by molar-refractivity contribution is 0.0928. The number of anilines is 3. The zero-order valence-corrected chi connectivity index (χ0v) is 23.7. The molecule has 214 valence electrons. The first-order chi connectivity index (χ1) is 19.7. The van der Waals surface area contributed by atoms with E-state index in [1.165, 1.54) is 42.2 Å². The molecule has 12 heteroatoms. The predicted octanol–water partition coefficient (Wildman–Crippen LogP) is 3.32. The van der Waals surface area contributed by atoms with Gasteiger partial charge in [0.15, 0.2) is 5.75 Å². The highest BCUT2D eigenvalue weighted by atomic mass is 32.1. The second kappa shape index (κ2) is 13.0. The monoisotopic (exact) mass is 576 g/mol. The fraction of sp³-hybridized carbons (Fsp3) is 0.241. The largest absolute Gasteiger partial charge is 0.505 e. The maximum absolute atomic E-state index is 13.3. The third-order valence-electron chi connectivity index (χ3n) is 6.63. The Balaban J connectivity index is 1.56. The number of hydrogen-bond acceptors (Lipinski definition) is 8. The summed E-state index contributed by atoms with van der Waals surface area (Å²) in [5, 5.41) is 24.3. The van der Waals surface area contributed by atoms with E-state index in [9.17, 15) is 24.3 Å². The van der Waals surface area contributed by atoms with Crippen molar-refractivity contribution in [3.63, 3.8) is 0 Å². The van der Waals surface area contributed by atoms with Crippen molar-refractivity contribution in [3.05, 3.63) is 103 Å². The number of carbonyl (C=O) groups excluding carboxylic acids is 2. The van der Waals surface area contributed by atoms with E-state index in [4.69, 9.17) is 0 Å². The van der Waals surface area contributed by atoms with Gasteiger partial charge in [-0.1, -0.05) is 49.4 Å². The summed E-state index contributed by atoms with van der Waals surface area (Å²) in [5.74, 6) is -1.20. The van der Waals surface area contributed by atoms with Gasteiger partial charge < -0.3 is 26.4 Å². The van der Waals surface area contributed by atoms with Gasteiger partial charge in [0.25, 0.3) is 22.9 Å². The fourth-order valence-corrected chi connectivity index (χ4v) is 4.89. The number of para-hydroxylation sites is 1. The Labute approximate surface area is 240 Å². The van der Waals surface area contributed by atoms with E-state index < -0.39 is 22.8 Å². The van der Waals surface area contributed by atoms with Crippen LogP contribution in [0.2, 0.25) is 0 Å². The van der Waals surface area contributed by atoms with Crippen LogP contribution in [0.1, 0.15) is 45.0 Å². The topological polar surface area (TPSA) is 146 Å². The number of benzene rings is 2. The van der Waals surface area contributed by atoms with Crippen LogP contribution >= 0.6 is 11.3 Å². The van der Waals surface area contributed by atoms with Crippen molar-refractivity contribution in [2.75, 3.05) is 23.7 Å². The van der Waals surface area contributed by atoms with Gasteiger partial charge in [-0.2, -0.15) is 0 Å². The zero-order chi connectivity index (χ0) is 29.5. The van der Waals surface area contributed by atoms with Crippen molar-refractivity contribution in [3.8, 4) is 5.75 Å². The van der Waals surface area contributed by atoms with Crippen LogP contribution in [0.15, 0.2) is 75.6 Å². The highest BCUT2D eigenvalue weighted by Crippen LogP contribution is 2.32. The minimum atomic E-state index is -0.568. The third kappa shape index (κ3) is 6.49. The summed E-state index contributed by atoms with van der Waals surface area (Å²) in [6, 6.07) is 17.3. The molecule has 0 fully saturated rings. The number of phenols is 1. The molecule has 0 spiro atoms. The van der Waals surface area contributed by atoms with Crippen LogP contribution in [0.5, 0.6) is 5.75 Å².